The van der Waals surface area contributed by atoms with E-state index in [0.29, 0.717) is 19.2 Å². The summed E-state index contributed by atoms with van der Waals surface area (Å²) in [7, 11) is 0. The van der Waals surface area contributed by atoms with Gasteiger partial charge in [0.15, 0.2) is 11.2 Å². The third kappa shape index (κ3) is 3.89. The summed E-state index contributed by atoms with van der Waals surface area (Å²) in [5.41, 5.74) is 0.795. The molecule has 0 unspecified atom stereocenters. The first-order valence-corrected chi connectivity index (χ1v) is 10.8. The minimum absolute atomic E-state index is 0.0196. The number of rotatable bonds is 5. The number of nitrogens with zero attached hydrogens (tertiary/aromatic N) is 4. The number of aryl methyl sites for hydroxylation is 1. The van der Waals surface area contributed by atoms with Crippen molar-refractivity contribution in [2.45, 2.75) is 39.0 Å². The van der Waals surface area contributed by atoms with Crippen LogP contribution in [0.3, 0.4) is 0 Å². The molecule has 1 fully saturated rings. The van der Waals surface area contributed by atoms with Crippen LogP contribution >= 0.6 is 0 Å². The van der Waals surface area contributed by atoms with Crippen molar-refractivity contribution in [3.8, 4) is 5.69 Å². The van der Waals surface area contributed by atoms with E-state index in [-0.39, 0.29) is 29.5 Å². The van der Waals surface area contributed by atoms with Crippen molar-refractivity contribution in [3.63, 3.8) is 0 Å². The first-order chi connectivity index (χ1) is 15.9. The number of fused-ring (bicyclic) bond motifs is 1. The van der Waals surface area contributed by atoms with Crippen LogP contribution in [-0.4, -0.2) is 31.4 Å². The molecule has 2 aromatic heterocycles. The number of hydrogen-bond acceptors (Lipinski definition) is 4. The highest BCUT2D eigenvalue weighted by atomic mass is 19.1. The molecule has 5 rings (SSSR count). The Morgan fingerprint density at radius 2 is 1.91 bits per heavy atom. The van der Waals surface area contributed by atoms with Gasteiger partial charge < -0.3 is 9.30 Å². The van der Waals surface area contributed by atoms with Gasteiger partial charge in [-0.05, 0) is 37.5 Å². The maximum absolute atomic E-state index is 14.7. The lowest BCUT2D eigenvalue weighted by atomic mass is 10.1. The van der Waals surface area contributed by atoms with Crippen molar-refractivity contribution >= 4 is 11.2 Å². The van der Waals surface area contributed by atoms with Crippen LogP contribution in [0.2, 0.25) is 0 Å². The van der Waals surface area contributed by atoms with E-state index in [0.717, 1.165) is 39.2 Å². The van der Waals surface area contributed by atoms with Crippen molar-refractivity contribution in [1.82, 2.24) is 18.7 Å². The highest BCUT2D eigenvalue weighted by Gasteiger charge is 2.24. The van der Waals surface area contributed by atoms with Gasteiger partial charge >= 0.3 is 5.69 Å². The fourth-order valence-corrected chi connectivity index (χ4v) is 4.22. The fourth-order valence-electron chi connectivity index (χ4n) is 4.22. The lowest BCUT2D eigenvalue weighted by Crippen LogP contribution is -2.42. The van der Waals surface area contributed by atoms with Gasteiger partial charge in [-0.15, -0.1) is 0 Å². The summed E-state index contributed by atoms with van der Waals surface area (Å²) in [5.74, 6) is -1.69. The lowest BCUT2D eigenvalue weighted by Gasteiger charge is -2.15. The number of aromatic nitrogens is 4. The van der Waals surface area contributed by atoms with E-state index in [1.165, 1.54) is 12.4 Å². The molecule has 170 valence electrons. The zero-order chi connectivity index (χ0) is 23.1. The monoisotopic (exact) mass is 452 g/mol. The Balaban J connectivity index is 1.74. The molecule has 0 N–H and O–H groups in total. The van der Waals surface area contributed by atoms with Crippen molar-refractivity contribution in [2.24, 2.45) is 0 Å². The molecular formula is C24H22F2N4O3. The van der Waals surface area contributed by atoms with Crippen LogP contribution < -0.4 is 11.2 Å². The molecule has 1 saturated heterocycles. The SMILES string of the molecule is Cc1ccc(Cn2cnc3c2c(=O)n(C[C@@H]2CCCO2)c(=O)n3-c2ccc(F)cc2F)cc1. The van der Waals surface area contributed by atoms with Crippen LogP contribution in [-0.2, 0) is 17.8 Å². The molecule has 3 heterocycles. The minimum atomic E-state index is -0.922. The summed E-state index contributed by atoms with van der Waals surface area (Å²) in [6, 6.07) is 10.8. The number of ether oxygens (including phenoxy) is 1. The first-order valence-electron chi connectivity index (χ1n) is 10.8. The Bertz CT molecular complexity index is 1450. The van der Waals surface area contributed by atoms with Crippen LogP contribution in [0.1, 0.15) is 24.0 Å². The Hall–Kier alpha value is -3.59. The zero-order valence-electron chi connectivity index (χ0n) is 18.0. The van der Waals surface area contributed by atoms with Gasteiger partial charge in [0, 0.05) is 19.2 Å². The van der Waals surface area contributed by atoms with E-state index in [4.69, 9.17) is 4.74 Å². The Morgan fingerprint density at radius 3 is 2.61 bits per heavy atom. The summed E-state index contributed by atoms with van der Waals surface area (Å²) >= 11 is 0. The largest absolute Gasteiger partial charge is 0.376 e. The molecule has 0 bridgehead atoms. The lowest BCUT2D eigenvalue weighted by molar-refractivity contribution is 0.0950. The van der Waals surface area contributed by atoms with E-state index < -0.39 is 22.9 Å². The van der Waals surface area contributed by atoms with Gasteiger partial charge in [0.1, 0.15) is 11.6 Å². The van der Waals surface area contributed by atoms with Crippen molar-refractivity contribution < 1.29 is 13.5 Å². The van der Waals surface area contributed by atoms with Gasteiger partial charge in [-0.2, -0.15) is 0 Å². The van der Waals surface area contributed by atoms with Gasteiger partial charge in [-0.3, -0.25) is 9.36 Å². The second-order valence-corrected chi connectivity index (χ2v) is 8.29. The number of halogens is 2. The van der Waals surface area contributed by atoms with E-state index in [2.05, 4.69) is 4.98 Å². The maximum Gasteiger partial charge on any atom is 0.337 e. The average molecular weight is 452 g/mol. The van der Waals surface area contributed by atoms with Gasteiger partial charge in [0.2, 0.25) is 0 Å². The third-order valence-electron chi connectivity index (χ3n) is 5.93. The predicted molar refractivity (Wildman–Crippen MR) is 119 cm³/mol. The number of benzene rings is 2. The minimum Gasteiger partial charge on any atom is -0.376 e. The molecule has 0 radical (unpaired) electrons. The summed E-state index contributed by atoms with van der Waals surface area (Å²) in [6.07, 6.45) is 2.73. The van der Waals surface area contributed by atoms with Crippen molar-refractivity contribution in [3.05, 3.63) is 92.4 Å². The number of hydrogen-bond donors (Lipinski definition) is 0. The predicted octanol–water partition coefficient (Wildman–Crippen LogP) is 3.16. The molecule has 7 nitrogen and oxygen atoms in total. The standard InChI is InChI=1S/C24H22F2N4O3/c1-15-4-6-16(7-5-15)12-28-14-27-22-21(28)23(31)29(13-18-3-2-10-33-18)24(32)30(22)20-9-8-17(25)11-19(20)26/h4-9,11,14,18H,2-3,10,12-13H2,1H3/t18-/m0/s1. The molecule has 0 spiro atoms. The second kappa shape index (κ2) is 8.40. The molecular weight excluding hydrogens is 430 g/mol. The van der Waals surface area contributed by atoms with Gasteiger partial charge in [0.05, 0.1) is 24.7 Å². The van der Waals surface area contributed by atoms with Crippen LogP contribution in [0, 0.1) is 18.6 Å². The molecule has 9 heteroatoms. The average Bonchev–Trinajstić information content (AvgIpc) is 3.44. The van der Waals surface area contributed by atoms with Crippen LogP contribution in [0.25, 0.3) is 16.9 Å². The topological polar surface area (TPSA) is 71.1 Å². The third-order valence-corrected chi connectivity index (χ3v) is 5.93. The second-order valence-electron chi connectivity index (χ2n) is 8.29. The first kappa shape index (κ1) is 21.3. The normalized spacial score (nSPS) is 16.0. The molecule has 4 aromatic rings. The summed E-state index contributed by atoms with van der Waals surface area (Å²) in [6.45, 7) is 2.94. The maximum atomic E-state index is 14.7. The highest BCUT2D eigenvalue weighted by molar-refractivity contribution is 5.72. The van der Waals surface area contributed by atoms with Crippen LogP contribution in [0.4, 0.5) is 8.78 Å². The van der Waals surface area contributed by atoms with Crippen LogP contribution in [0.15, 0.2) is 58.4 Å². The Labute approximate surface area is 187 Å². The summed E-state index contributed by atoms with van der Waals surface area (Å²) < 4.78 is 37.6. The summed E-state index contributed by atoms with van der Waals surface area (Å²) in [4.78, 5) is 31.1. The molecule has 33 heavy (non-hydrogen) atoms. The van der Waals surface area contributed by atoms with E-state index >= 15 is 0 Å². The van der Waals surface area contributed by atoms with E-state index in [1.54, 1.807) is 4.57 Å². The molecule has 0 amide bonds. The van der Waals surface area contributed by atoms with Gasteiger partial charge in [-0.25, -0.2) is 23.1 Å². The quantitative estimate of drug-likeness (QED) is 0.467. The smallest absolute Gasteiger partial charge is 0.337 e. The Morgan fingerprint density at radius 1 is 1.12 bits per heavy atom. The molecule has 2 aromatic carbocycles. The highest BCUT2D eigenvalue weighted by Crippen LogP contribution is 2.19. The molecule has 0 saturated carbocycles. The van der Waals surface area contributed by atoms with Crippen molar-refractivity contribution in [1.29, 1.82) is 0 Å². The Kier molecular flexibility index (Phi) is 5.41. The fraction of sp³-hybridized carbons (Fsp3) is 0.292. The van der Waals surface area contributed by atoms with Gasteiger partial charge in [-0.1, -0.05) is 29.8 Å². The van der Waals surface area contributed by atoms with E-state index in [9.17, 15) is 18.4 Å². The zero-order valence-corrected chi connectivity index (χ0v) is 18.0. The molecule has 1 aliphatic heterocycles. The molecule has 0 aliphatic carbocycles. The van der Waals surface area contributed by atoms with E-state index in [1.807, 2.05) is 31.2 Å². The number of imidazole rings is 1. The molecule has 1 aliphatic rings. The van der Waals surface area contributed by atoms with Gasteiger partial charge in [0.25, 0.3) is 5.56 Å². The van der Waals surface area contributed by atoms with Crippen molar-refractivity contribution in [2.75, 3.05) is 6.61 Å². The summed E-state index contributed by atoms with van der Waals surface area (Å²) in [5, 5.41) is 0. The molecule has 1 atom stereocenters. The van der Waals surface area contributed by atoms with Crippen LogP contribution in [0.5, 0.6) is 0 Å².